The van der Waals surface area contributed by atoms with Gasteiger partial charge in [-0.25, -0.2) is 8.42 Å². The molecule has 1 aliphatic heterocycles. The summed E-state index contributed by atoms with van der Waals surface area (Å²) in [6.45, 7) is 0.684. The van der Waals surface area contributed by atoms with Gasteiger partial charge in [0, 0.05) is 23.9 Å². The molecule has 0 aromatic heterocycles. The van der Waals surface area contributed by atoms with Gasteiger partial charge in [0.1, 0.15) is 6.61 Å². The van der Waals surface area contributed by atoms with Crippen molar-refractivity contribution in [1.29, 1.82) is 0 Å². The fraction of sp³-hybridized carbons (Fsp3) is 0.208. The van der Waals surface area contributed by atoms with E-state index in [-0.39, 0.29) is 17.4 Å². The van der Waals surface area contributed by atoms with E-state index in [9.17, 15) is 13.2 Å². The van der Waals surface area contributed by atoms with Crippen molar-refractivity contribution < 1.29 is 27.4 Å². The van der Waals surface area contributed by atoms with Crippen molar-refractivity contribution in [3.8, 4) is 28.4 Å². The Kier molecular flexibility index (Phi) is 5.80. The van der Waals surface area contributed by atoms with Crippen molar-refractivity contribution in [3.63, 3.8) is 0 Å². The van der Waals surface area contributed by atoms with Gasteiger partial charge in [-0.2, -0.15) is 0 Å². The molecule has 0 fully saturated rings. The van der Waals surface area contributed by atoms with Gasteiger partial charge in [-0.3, -0.25) is 4.79 Å². The second-order valence-corrected chi connectivity index (χ2v) is 9.45. The molecule has 0 aliphatic carbocycles. The zero-order valence-electron chi connectivity index (χ0n) is 18.0. The summed E-state index contributed by atoms with van der Waals surface area (Å²) in [7, 11) is -0.169. The Labute approximate surface area is 186 Å². The summed E-state index contributed by atoms with van der Waals surface area (Å²) in [5.74, 6) is 1.40. The number of methoxy groups -OCH3 is 2. The average Bonchev–Trinajstić information content (AvgIpc) is 3.16. The maximum absolute atomic E-state index is 11.9. The first kappa shape index (κ1) is 21.7. The van der Waals surface area contributed by atoms with Crippen LogP contribution in [-0.4, -0.2) is 34.8 Å². The van der Waals surface area contributed by atoms with Gasteiger partial charge in [0.15, 0.2) is 21.3 Å². The molecule has 0 saturated heterocycles. The lowest BCUT2D eigenvalue weighted by atomic mass is 9.99. The lowest BCUT2D eigenvalue weighted by molar-refractivity contribution is 0.0965. The van der Waals surface area contributed by atoms with E-state index in [2.05, 4.69) is 5.32 Å². The molecule has 0 spiro atoms. The molecule has 1 amide bonds. The summed E-state index contributed by atoms with van der Waals surface area (Å²) in [6.07, 6.45) is 1.17. The van der Waals surface area contributed by atoms with Crippen LogP contribution < -0.4 is 19.5 Å². The Morgan fingerprint density at radius 2 is 1.62 bits per heavy atom. The Bertz CT molecular complexity index is 1280. The van der Waals surface area contributed by atoms with Crippen molar-refractivity contribution in [2.24, 2.45) is 0 Å². The zero-order chi connectivity index (χ0) is 22.9. The van der Waals surface area contributed by atoms with Crippen molar-refractivity contribution in [3.05, 3.63) is 71.3 Å². The van der Waals surface area contributed by atoms with E-state index < -0.39 is 9.84 Å². The Hall–Kier alpha value is -3.52. The third kappa shape index (κ3) is 4.13. The number of benzene rings is 3. The number of carbonyl (C=O) groups excluding carboxylic acids is 1. The number of fused-ring (bicyclic) bond motifs is 1. The van der Waals surface area contributed by atoms with Crippen molar-refractivity contribution in [2.45, 2.75) is 18.0 Å². The number of hydrogen-bond acceptors (Lipinski definition) is 6. The van der Waals surface area contributed by atoms with Gasteiger partial charge in [0.2, 0.25) is 5.75 Å². The van der Waals surface area contributed by atoms with Gasteiger partial charge in [-0.05, 0) is 53.1 Å². The summed E-state index contributed by atoms with van der Waals surface area (Å²) in [4.78, 5) is 12.2. The molecule has 3 aromatic rings. The van der Waals surface area contributed by atoms with Gasteiger partial charge in [0.05, 0.1) is 19.1 Å². The first-order chi connectivity index (χ1) is 15.3. The maximum atomic E-state index is 11.9. The molecule has 7 nitrogen and oxygen atoms in total. The maximum Gasteiger partial charge on any atom is 0.251 e. The van der Waals surface area contributed by atoms with Crippen molar-refractivity contribution in [1.82, 2.24) is 5.32 Å². The van der Waals surface area contributed by atoms with Crippen LogP contribution in [0.2, 0.25) is 0 Å². The molecule has 0 unspecified atom stereocenters. The summed E-state index contributed by atoms with van der Waals surface area (Å²) in [5, 5.41) is 2.82. The highest BCUT2D eigenvalue weighted by Crippen LogP contribution is 2.45. The van der Waals surface area contributed by atoms with Gasteiger partial charge in [-0.15, -0.1) is 0 Å². The smallest absolute Gasteiger partial charge is 0.251 e. The second kappa shape index (κ2) is 8.55. The molecule has 0 radical (unpaired) electrons. The molecular formula is C24H23NO6S. The van der Waals surface area contributed by atoms with E-state index >= 15 is 0 Å². The lowest BCUT2D eigenvalue weighted by Crippen LogP contribution is -2.12. The molecule has 3 aromatic carbocycles. The van der Waals surface area contributed by atoms with Gasteiger partial charge >= 0.3 is 0 Å². The van der Waals surface area contributed by atoms with Gasteiger partial charge in [-0.1, -0.05) is 18.2 Å². The normalized spacial score (nSPS) is 12.8. The number of hydrogen-bond donors (Lipinski definition) is 1. The standard InChI is InChI=1S/C24H23NO6S/c1-29-21-11-10-19(16-6-9-20-17(12-16)13-25-24(20)26)22(23(21)30-2)31-14-15-4-7-18(8-5-15)32(3,27)28/h4-12H,13-14H2,1-3H3,(H,25,26). The Morgan fingerprint density at radius 1 is 0.906 bits per heavy atom. The molecule has 1 aliphatic rings. The van der Waals surface area contributed by atoms with Crippen LogP contribution in [0.4, 0.5) is 0 Å². The third-order valence-electron chi connectivity index (χ3n) is 5.34. The highest BCUT2D eigenvalue weighted by Gasteiger charge is 2.22. The monoisotopic (exact) mass is 453 g/mol. The van der Waals surface area contributed by atoms with Crippen LogP contribution in [-0.2, 0) is 23.0 Å². The molecular weight excluding hydrogens is 430 g/mol. The molecule has 0 bridgehead atoms. The summed E-state index contributed by atoms with van der Waals surface area (Å²) < 4.78 is 40.6. The largest absolute Gasteiger partial charge is 0.493 e. The highest BCUT2D eigenvalue weighted by molar-refractivity contribution is 7.90. The second-order valence-electron chi connectivity index (χ2n) is 7.44. The minimum absolute atomic E-state index is 0.0760. The van der Waals surface area contributed by atoms with Gasteiger partial charge < -0.3 is 19.5 Å². The molecule has 1 N–H and O–H groups in total. The SMILES string of the molecule is COc1ccc(-c2ccc3c(c2)CNC3=O)c(OCc2ccc(S(C)(=O)=O)cc2)c1OC. The minimum atomic E-state index is -3.26. The lowest BCUT2D eigenvalue weighted by Gasteiger charge is -2.18. The number of carbonyl (C=O) groups is 1. The van der Waals surface area contributed by atoms with Crippen molar-refractivity contribution >= 4 is 15.7 Å². The number of amides is 1. The molecule has 0 atom stereocenters. The molecule has 4 rings (SSSR count). The van der Waals surface area contributed by atoms with Crippen LogP contribution in [0.3, 0.4) is 0 Å². The zero-order valence-corrected chi connectivity index (χ0v) is 18.8. The Morgan fingerprint density at radius 3 is 2.28 bits per heavy atom. The quantitative estimate of drug-likeness (QED) is 0.588. The summed E-state index contributed by atoms with van der Waals surface area (Å²) in [6, 6.07) is 15.9. The highest BCUT2D eigenvalue weighted by atomic mass is 32.2. The van der Waals surface area contributed by atoms with E-state index in [0.717, 1.165) is 22.3 Å². The van der Waals surface area contributed by atoms with Crippen LogP contribution in [0, 0.1) is 0 Å². The number of sulfone groups is 1. The van der Waals surface area contributed by atoms with Crippen LogP contribution in [0.15, 0.2) is 59.5 Å². The summed E-state index contributed by atoms with van der Waals surface area (Å²) in [5.41, 5.74) is 4.06. The van der Waals surface area contributed by atoms with Crippen LogP contribution in [0.1, 0.15) is 21.5 Å². The fourth-order valence-electron chi connectivity index (χ4n) is 3.66. The molecule has 166 valence electrons. The van der Waals surface area contributed by atoms with Crippen LogP contribution >= 0.6 is 0 Å². The van der Waals surface area contributed by atoms with E-state index in [1.807, 2.05) is 18.2 Å². The average molecular weight is 454 g/mol. The van der Waals surface area contributed by atoms with Crippen LogP contribution in [0.5, 0.6) is 17.2 Å². The van der Waals surface area contributed by atoms with E-state index in [1.165, 1.54) is 6.26 Å². The number of nitrogens with one attached hydrogen (secondary N) is 1. The predicted octanol–water partition coefficient (Wildman–Crippen LogP) is 3.60. The molecule has 1 heterocycles. The third-order valence-corrected chi connectivity index (χ3v) is 6.46. The first-order valence-corrected chi connectivity index (χ1v) is 11.8. The van der Waals surface area contributed by atoms with E-state index in [1.54, 1.807) is 50.6 Å². The summed E-state index contributed by atoms with van der Waals surface area (Å²) >= 11 is 0. The van der Waals surface area contributed by atoms with Gasteiger partial charge in [0.25, 0.3) is 5.91 Å². The van der Waals surface area contributed by atoms with E-state index in [4.69, 9.17) is 14.2 Å². The molecule has 32 heavy (non-hydrogen) atoms. The minimum Gasteiger partial charge on any atom is -0.493 e. The first-order valence-electron chi connectivity index (χ1n) is 9.90. The number of rotatable bonds is 7. The Balaban J connectivity index is 1.71. The fourth-order valence-corrected chi connectivity index (χ4v) is 4.29. The van der Waals surface area contributed by atoms with Crippen molar-refractivity contribution in [2.75, 3.05) is 20.5 Å². The molecule has 8 heteroatoms. The molecule has 0 saturated carbocycles. The topological polar surface area (TPSA) is 90.9 Å². The predicted molar refractivity (Wildman–Crippen MR) is 120 cm³/mol. The van der Waals surface area contributed by atoms with E-state index in [0.29, 0.717) is 29.4 Å². The van der Waals surface area contributed by atoms with Crippen LogP contribution in [0.25, 0.3) is 11.1 Å². The number of ether oxygens (including phenoxy) is 3.